The quantitative estimate of drug-likeness (QED) is 0.468. The van der Waals surface area contributed by atoms with Gasteiger partial charge in [-0.15, -0.1) is 0 Å². The van der Waals surface area contributed by atoms with Crippen LogP contribution in [0.3, 0.4) is 0 Å². The monoisotopic (exact) mass is 512 g/mol. The third kappa shape index (κ3) is 7.20. The molecule has 1 atom stereocenters. The average molecular weight is 513 g/mol. The van der Waals surface area contributed by atoms with E-state index < -0.39 is 24.0 Å². The summed E-state index contributed by atoms with van der Waals surface area (Å²) in [4.78, 5) is 43.4. The summed E-state index contributed by atoms with van der Waals surface area (Å²) in [5.41, 5.74) is 5.11. The van der Waals surface area contributed by atoms with Crippen LogP contribution in [-0.2, 0) is 30.5 Å². The van der Waals surface area contributed by atoms with E-state index in [2.05, 4.69) is 10.8 Å². The summed E-state index contributed by atoms with van der Waals surface area (Å²) in [6, 6.07) is 14.1. The highest BCUT2D eigenvalue weighted by atomic mass is 19.1. The van der Waals surface area contributed by atoms with Crippen LogP contribution < -0.4 is 20.6 Å². The Morgan fingerprint density at radius 1 is 1.19 bits per heavy atom. The topological polar surface area (TPSA) is 109 Å². The van der Waals surface area contributed by atoms with Crippen LogP contribution in [0, 0.1) is 5.82 Å². The molecule has 0 aliphatic carbocycles. The van der Waals surface area contributed by atoms with Gasteiger partial charge in [0.25, 0.3) is 0 Å². The van der Waals surface area contributed by atoms with E-state index in [-0.39, 0.29) is 25.6 Å². The number of nitrogens with zero attached hydrogens (tertiary/aromatic N) is 2. The largest absolute Gasteiger partial charge is 0.442 e. The Bertz CT molecular complexity index is 1160. The number of carbonyl (C=O) groups is 3. The molecule has 0 saturated carbocycles. The number of cyclic esters (lactones) is 1. The Morgan fingerprint density at radius 2 is 2.00 bits per heavy atom. The number of carbonyl (C=O) groups excluding carboxylic acids is 3. The van der Waals surface area contributed by atoms with Crippen molar-refractivity contribution < 1.29 is 33.1 Å². The smallest absolute Gasteiger partial charge is 0.414 e. The summed E-state index contributed by atoms with van der Waals surface area (Å²) >= 11 is 0. The highest BCUT2D eigenvalue weighted by Crippen LogP contribution is 2.29. The summed E-state index contributed by atoms with van der Waals surface area (Å²) in [5, 5.41) is 2.61. The second-order valence-electron chi connectivity index (χ2n) is 8.67. The number of nitrogens with one attached hydrogen (secondary N) is 2. The number of benzene rings is 2. The van der Waals surface area contributed by atoms with Gasteiger partial charge in [-0.25, -0.2) is 19.5 Å². The van der Waals surface area contributed by atoms with Gasteiger partial charge in [-0.1, -0.05) is 30.3 Å². The molecular weight excluding hydrogens is 483 g/mol. The second-order valence-corrected chi connectivity index (χ2v) is 8.67. The predicted molar refractivity (Wildman–Crippen MR) is 133 cm³/mol. The van der Waals surface area contributed by atoms with Crippen molar-refractivity contribution in [3.63, 3.8) is 0 Å². The molecule has 2 aliphatic heterocycles. The summed E-state index contributed by atoms with van der Waals surface area (Å²) < 4.78 is 25.6. The number of hydrogen-bond acceptors (Lipinski definition) is 8. The Hall–Kier alpha value is -4.12. The molecule has 2 aromatic carbocycles. The van der Waals surface area contributed by atoms with Crippen LogP contribution in [0.5, 0.6) is 0 Å². The zero-order valence-corrected chi connectivity index (χ0v) is 20.4. The van der Waals surface area contributed by atoms with Gasteiger partial charge in [0, 0.05) is 32.1 Å². The van der Waals surface area contributed by atoms with Crippen LogP contribution in [0.25, 0.3) is 0 Å². The highest BCUT2D eigenvalue weighted by molar-refractivity contribution is 5.90. The van der Waals surface area contributed by atoms with Crippen molar-refractivity contribution >= 4 is 29.3 Å². The number of anilines is 2. The van der Waals surface area contributed by atoms with Crippen LogP contribution >= 0.6 is 0 Å². The van der Waals surface area contributed by atoms with Gasteiger partial charge in [0.1, 0.15) is 18.5 Å². The fourth-order valence-electron chi connectivity index (χ4n) is 3.98. The molecule has 2 N–H and O–H groups in total. The number of rotatable bonds is 10. The summed E-state index contributed by atoms with van der Waals surface area (Å²) in [6.45, 7) is 2.84. The molecule has 196 valence electrons. The van der Waals surface area contributed by atoms with E-state index in [1.54, 1.807) is 12.1 Å². The fraction of sp³-hybridized carbons (Fsp3) is 0.346. The zero-order valence-electron chi connectivity index (χ0n) is 20.4. The normalized spacial score (nSPS) is 17.2. The first kappa shape index (κ1) is 26.0. The Kier molecular flexibility index (Phi) is 8.57. The van der Waals surface area contributed by atoms with Crippen molar-refractivity contribution in [2.45, 2.75) is 26.1 Å². The molecule has 0 spiro atoms. The van der Waals surface area contributed by atoms with Crippen molar-refractivity contribution in [1.82, 2.24) is 10.8 Å². The maximum atomic E-state index is 15.0. The molecule has 2 aliphatic rings. The van der Waals surface area contributed by atoms with Crippen molar-refractivity contribution in [3.05, 3.63) is 71.7 Å². The van der Waals surface area contributed by atoms with E-state index in [9.17, 15) is 18.8 Å². The van der Waals surface area contributed by atoms with Crippen LogP contribution in [-0.4, -0.2) is 56.9 Å². The Labute approximate surface area is 213 Å². The average Bonchev–Trinajstić information content (AvgIpc) is 3.27. The Morgan fingerprint density at radius 3 is 2.70 bits per heavy atom. The third-order valence-electron chi connectivity index (χ3n) is 5.87. The first-order valence-corrected chi connectivity index (χ1v) is 11.9. The van der Waals surface area contributed by atoms with E-state index in [0.29, 0.717) is 37.5 Å². The predicted octanol–water partition coefficient (Wildman–Crippen LogP) is 2.65. The number of hydrogen-bond donors (Lipinski definition) is 2. The minimum absolute atomic E-state index is 0.183. The van der Waals surface area contributed by atoms with E-state index in [1.807, 2.05) is 41.3 Å². The van der Waals surface area contributed by atoms with E-state index in [4.69, 9.17) is 14.3 Å². The van der Waals surface area contributed by atoms with Crippen LogP contribution in [0.15, 0.2) is 60.3 Å². The number of hydroxylamine groups is 1. The molecule has 4 rings (SSSR count). The molecule has 37 heavy (non-hydrogen) atoms. The summed E-state index contributed by atoms with van der Waals surface area (Å²) in [7, 11) is 0. The van der Waals surface area contributed by atoms with E-state index in [0.717, 1.165) is 11.3 Å². The van der Waals surface area contributed by atoms with Crippen molar-refractivity contribution in [2.75, 3.05) is 42.6 Å². The van der Waals surface area contributed by atoms with Crippen molar-refractivity contribution in [1.29, 1.82) is 0 Å². The maximum Gasteiger partial charge on any atom is 0.414 e. The molecule has 0 radical (unpaired) electrons. The van der Waals surface area contributed by atoms with E-state index >= 15 is 0 Å². The van der Waals surface area contributed by atoms with Crippen molar-refractivity contribution in [3.8, 4) is 0 Å². The highest BCUT2D eigenvalue weighted by Gasteiger charge is 2.33. The lowest BCUT2D eigenvalue weighted by molar-refractivity contribution is -0.155. The minimum Gasteiger partial charge on any atom is -0.442 e. The first-order valence-electron chi connectivity index (χ1n) is 11.9. The van der Waals surface area contributed by atoms with Gasteiger partial charge < -0.3 is 24.5 Å². The molecule has 10 nitrogen and oxygen atoms in total. The van der Waals surface area contributed by atoms with Crippen molar-refractivity contribution in [2.24, 2.45) is 0 Å². The molecule has 0 aromatic heterocycles. The third-order valence-corrected chi connectivity index (χ3v) is 5.87. The lowest BCUT2D eigenvalue weighted by Crippen LogP contribution is -2.34. The van der Waals surface area contributed by atoms with Crippen LogP contribution in [0.1, 0.15) is 18.9 Å². The lowest BCUT2D eigenvalue weighted by atomic mass is 10.1. The number of ether oxygens (including phenoxy) is 2. The minimum atomic E-state index is -0.584. The molecule has 2 heterocycles. The fourth-order valence-corrected chi connectivity index (χ4v) is 3.98. The molecule has 2 amide bonds. The molecule has 0 bridgehead atoms. The number of amides is 2. The molecule has 1 fully saturated rings. The van der Waals surface area contributed by atoms with E-state index in [1.165, 1.54) is 17.9 Å². The summed E-state index contributed by atoms with van der Waals surface area (Å²) in [6.07, 6.45) is 1.25. The number of halogens is 1. The van der Waals surface area contributed by atoms with Gasteiger partial charge in [-0.2, -0.15) is 0 Å². The van der Waals surface area contributed by atoms with Gasteiger partial charge in [-0.05, 0) is 29.8 Å². The van der Waals surface area contributed by atoms with Gasteiger partial charge in [-0.3, -0.25) is 9.69 Å². The molecular formula is C26H29FN4O6. The van der Waals surface area contributed by atoms with Gasteiger partial charge in [0.05, 0.1) is 31.1 Å². The summed E-state index contributed by atoms with van der Waals surface area (Å²) in [5.74, 6) is -1.23. The SMILES string of the molecule is CC(=O)NC[C@H]1CN(c2ccc(N3CC=C(NOC(=O)COCc4ccccc4)CC3)c(F)c2)C(=O)O1. The van der Waals surface area contributed by atoms with Gasteiger partial charge >= 0.3 is 12.1 Å². The lowest BCUT2D eigenvalue weighted by Gasteiger charge is -2.29. The van der Waals surface area contributed by atoms with Crippen LogP contribution in [0.4, 0.5) is 20.6 Å². The zero-order chi connectivity index (χ0) is 26.2. The Balaban J connectivity index is 1.23. The second kappa shape index (κ2) is 12.2. The molecule has 2 aromatic rings. The first-order chi connectivity index (χ1) is 17.9. The standard InChI is InChI=1S/C26H29FN4O6/c1-18(32)28-14-22-15-31(26(34)36-22)21-7-8-24(23(27)13-21)30-11-9-20(10-12-30)29-37-25(33)17-35-16-19-5-3-2-4-6-19/h2-9,13,22,29H,10-12,14-17H2,1H3,(H,28,32)/t22-/m0/s1. The molecule has 0 unspecified atom stereocenters. The molecule has 11 heteroatoms. The molecule has 1 saturated heterocycles. The maximum absolute atomic E-state index is 15.0. The van der Waals surface area contributed by atoms with Gasteiger partial charge in [0.2, 0.25) is 5.91 Å². The van der Waals surface area contributed by atoms with Gasteiger partial charge in [0.15, 0.2) is 0 Å². The van der Waals surface area contributed by atoms with Crippen LogP contribution in [0.2, 0.25) is 0 Å².